The van der Waals surface area contributed by atoms with E-state index < -0.39 is 29.4 Å². The molecule has 1 aliphatic rings. The summed E-state index contributed by atoms with van der Waals surface area (Å²) in [6, 6.07) is 9.37. The molecule has 0 aliphatic heterocycles. The Morgan fingerprint density at radius 3 is 2.53 bits per heavy atom. The molecule has 1 heterocycles. The normalized spacial score (nSPS) is 13.7. The molecular formula is C38H38O10S. The third-order valence-corrected chi connectivity index (χ3v) is 8.22. The van der Waals surface area contributed by atoms with Gasteiger partial charge in [0, 0.05) is 22.8 Å². The van der Waals surface area contributed by atoms with E-state index in [1.165, 1.54) is 32.2 Å². The number of aliphatic hydroxyl groups excluding tert-OH is 1. The van der Waals surface area contributed by atoms with Gasteiger partial charge in [0.1, 0.15) is 16.9 Å². The lowest BCUT2D eigenvalue weighted by molar-refractivity contribution is 0.0552. The van der Waals surface area contributed by atoms with Gasteiger partial charge in [-0.15, -0.1) is 0 Å². The van der Waals surface area contributed by atoms with Crippen LogP contribution in [0.2, 0.25) is 0 Å². The van der Waals surface area contributed by atoms with E-state index in [0.29, 0.717) is 41.0 Å². The third-order valence-electron chi connectivity index (χ3n) is 7.93. The second-order valence-corrected chi connectivity index (χ2v) is 11.8. The Kier molecular flexibility index (Phi) is 12.6. The lowest BCUT2D eigenvalue weighted by Crippen LogP contribution is -2.45. The van der Waals surface area contributed by atoms with Crippen LogP contribution in [0.15, 0.2) is 69.9 Å². The molecule has 0 saturated heterocycles. The highest BCUT2D eigenvalue weighted by atomic mass is 32.1. The number of phenolic OH excluding ortho intramolecular Hbond substituents is 1. The molecule has 0 fully saturated rings. The number of Topliss-reactive ketones (excluding diaryl/α,β-unsaturated/α-hetero) is 1. The number of carbonyl (C=O) groups excluding carboxylic acids is 3. The summed E-state index contributed by atoms with van der Waals surface area (Å²) in [5.74, 6) is -2.82. The molecule has 3 aromatic rings. The molecule has 0 unspecified atom stereocenters. The maximum Gasteiger partial charge on any atom is 0.374 e. The van der Waals surface area contributed by atoms with Crippen molar-refractivity contribution in [3.63, 3.8) is 0 Å². The molecule has 2 N–H and O–H groups in total. The van der Waals surface area contributed by atoms with E-state index in [-0.39, 0.29) is 51.2 Å². The van der Waals surface area contributed by atoms with Crippen LogP contribution in [0.5, 0.6) is 11.5 Å². The highest BCUT2D eigenvalue weighted by Crippen LogP contribution is 2.34. The van der Waals surface area contributed by atoms with Crippen LogP contribution in [0.4, 0.5) is 0 Å². The van der Waals surface area contributed by atoms with Crippen LogP contribution < -0.4 is 20.8 Å². The molecule has 0 radical (unpaired) electrons. The number of allylic oxidation sites excluding steroid dienone is 2. The number of phenols is 1. The van der Waals surface area contributed by atoms with E-state index in [9.17, 15) is 29.4 Å². The minimum Gasteiger partial charge on any atom is -0.507 e. The number of carbonyl (C=O) groups is 3. The molecule has 256 valence electrons. The quantitative estimate of drug-likeness (QED) is 0.0791. The van der Waals surface area contributed by atoms with Crippen molar-refractivity contribution in [2.75, 3.05) is 20.8 Å². The average Bonchev–Trinajstić information content (AvgIpc) is 3.09. The predicted molar refractivity (Wildman–Crippen MR) is 188 cm³/mol. The van der Waals surface area contributed by atoms with Gasteiger partial charge in [-0.25, -0.2) is 9.59 Å². The van der Waals surface area contributed by atoms with Gasteiger partial charge in [-0.2, -0.15) is 0 Å². The van der Waals surface area contributed by atoms with E-state index in [2.05, 4.69) is 0 Å². The summed E-state index contributed by atoms with van der Waals surface area (Å²) in [5, 5.41) is 22.5. The number of esters is 2. The Morgan fingerprint density at radius 2 is 1.84 bits per heavy atom. The van der Waals surface area contributed by atoms with Gasteiger partial charge in [0.15, 0.2) is 11.2 Å². The molecule has 0 spiro atoms. The van der Waals surface area contributed by atoms with Crippen molar-refractivity contribution in [2.24, 2.45) is 0 Å². The number of ether oxygens (including phenoxy) is 3. The summed E-state index contributed by atoms with van der Waals surface area (Å²) in [4.78, 5) is 51.6. The van der Waals surface area contributed by atoms with Crippen LogP contribution in [0, 0.1) is 0 Å². The number of thiocarbonyl (C=S) groups is 1. The molecular weight excluding hydrogens is 648 g/mol. The second kappa shape index (κ2) is 16.8. The largest absolute Gasteiger partial charge is 0.507 e. The first-order chi connectivity index (χ1) is 23.5. The number of hydrogen-bond donors (Lipinski definition) is 2. The molecule has 2 atom stereocenters. The number of hydrogen-bond acceptors (Lipinski definition) is 11. The van der Waals surface area contributed by atoms with Crippen molar-refractivity contribution in [2.45, 2.75) is 51.6 Å². The first kappa shape index (κ1) is 36.7. The van der Waals surface area contributed by atoms with Crippen molar-refractivity contribution in [1.29, 1.82) is 0 Å². The standard InChI is InChI=1S/C38H38O10S/c1-5-11-27-30(18-17-26(22(2)39)34(27)41)47-19-9-7-6-8-14-29(33(40)23-12-10-13-24(20-23)37(43)45-3)32-35(42)28-16-15-25(49)21-31(28)48-36(32)38(44)46-4/h6-8,10,12-14,16-18,20-21,29,33,40-41H,5,9,11,15,19H2,1-4H3/b7-6-,14-8+/t29-,33-/m1/s1. The predicted octanol–water partition coefficient (Wildman–Crippen LogP) is 4.81. The van der Waals surface area contributed by atoms with E-state index in [4.69, 9.17) is 30.8 Å². The molecule has 1 aromatic heterocycles. The van der Waals surface area contributed by atoms with Gasteiger partial charge in [0.25, 0.3) is 0 Å². The number of methoxy groups -OCH3 is 2. The average molecular weight is 687 g/mol. The minimum atomic E-state index is -1.40. The Balaban J connectivity index is 1.67. The van der Waals surface area contributed by atoms with E-state index in [1.54, 1.807) is 54.6 Å². The second-order valence-electron chi connectivity index (χ2n) is 11.2. The van der Waals surface area contributed by atoms with Gasteiger partial charge in [-0.1, -0.05) is 68.1 Å². The van der Waals surface area contributed by atoms with Gasteiger partial charge >= 0.3 is 11.9 Å². The number of benzene rings is 2. The van der Waals surface area contributed by atoms with Crippen LogP contribution in [0.3, 0.4) is 0 Å². The Bertz CT molecular complexity index is 2000. The topological polar surface area (TPSA) is 150 Å². The van der Waals surface area contributed by atoms with Gasteiger partial charge in [-0.3, -0.25) is 9.59 Å². The number of ketones is 1. The van der Waals surface area contributed by atoms with Crippen molar-refractivity contribution < 1.29 is 43.2 Å². The summed E-state index contributed by atoms with van der Waals surface area (Å²) in [5.41, 5.74) is 0.784. The van der Waals surface area contributed by atoms with Crippen LogP contribution in [0.25, 0.3) is 12.2 Å². The monoisotopic (exact) mass is 686 g/mol. The van der Waals surface area contributed by atoms with Gasteiger partial charge in [0.05, 0.1) is 48.8 Å². The SMILES string of the molecule is CCCc1c(OCC/C=C\C=C\[C@H](c2c(C(=O)OC)oc3c(c2=O)=CCC(=S)C=3)[C@H](O)c2cccc(C(=O)OC)c2)ccc(C(C)=O)c1O. The molecule has 10 nitrogen and oxygen atoms in total. The fourth-order valence-corrected chi connectivity index (χ4v) is 5.68. The zero-order chi connectivity index (χ0) is 35.7. The highest BCUT2D eigenvalue weighted by molar-refractivity contribution is 7.81. The first-order valence-electron chi connectivity index (χ1n) is 15.7. The fourth-order valence-electron chi connectivity index (χ4n) is 5.49. The molecule has 49 heavy (non-hydrogen) atoms. The Labute approximate surface area is 288 Å². The number of aliphatic hydroxyl groups is 1. The van der Waals surface area contributed by atoms with E-state index in [1.807, 2.05) is 6.92 Å². The van der Waals surface area contributed by atoms with Gasteiger partial charge < -0.3 is 28.8 Å². The molecule has 2 aromatic carbocycles. The van der Waals surface area contributed by atoms with Crippen molar-refractivity contribution in [3.8, 4) is 11.5 Å². The minimum absolute atomic E-state index is 0.0665. The molecule has 11 heteroatoms. The number of fused-ring (bicyclic) bond motifs is 1. The summed E-state index contributed by atoms with van der Waals surface area (Å²) in [7, 11) is 2.40. The van der Waals surface area contributed by atoms with Crippen LogP contribution >= 0.6 is 12.2 Å². The van der Waals surface area contributed by atoms with Crippen LogP contribution in [-0.4, -0.2) is 53.6 Å². The van der Waals surface area contributed by atoms with E-state index >= 15 is 0 Å². The number of aromatic hydroxyl groups is 1. The van der Waals surface area contributed by atoms with Crippen LogP contribution in [0.1, 0.15) is 93.1 Å². The maximum absolute atomic E-state index is 14.0. The van der Waals surface area contributed by atoms with Gasteiger partial charge in [-0.05, 0) is 55.7 Å². The molecule has 0 saturated carbocycles. The van der Waals surface area contributed by atoms with Crippen molar-refractivity contribution >= 4 is 47.0 Å². The zero-order valence-electron chi connectivity index (χ0n) is 27.7. The lowest BCUT2D eigenvalue weighted by Gasteiger charge is -2.22. The molecule has 1 aliphatic carbocycles. The highest BCUT2D eigenvalue weighted by Gasteiger charge is 2.31. The summed E-state index contributed by atoms with van der Waals surface area (Å²) < 4.78 is 21.6. The molecule has 0 bridgehead atoms. The smallest absolute Gasteiger partial charge is 0.374 e. The third kappa shape index (κ3) is 8.48. The lowest BCUT2D eigenvalue weighted by atomic mass is 9.86. The maximum atomic E-state index is 14.0. The summed E-state index contributed by atoms with van der Waals surface area (Å²) in [6.07, 6.45) is 10.5. The molecule has 0 amide bonds. The van der Waals surface area contributed by atoms with Gasteiger partial charge in [0.2, 0.25) is 5.76 Å². The van der Waals surface area contributed by atoms with Crippen molar-refractivity contribution in [1.82, 2.24) is 0 Å². The Morgan fingerprint density at radius 1 is 1.08 bits per heavy atom. The summed E-state index contributed by atoms with van der Waals surface area (Å²) >= 11 is 5.27. The zero-order valence-corrected chi connectivity index (χ0v) is 28.5. The first-order valence-corrected chi connectivity index (χ1v) is 16.1. The molecule has 4 rings (SSSR count). The summed E-state index contributed by atoms with van der Waals surface area (Å²) in [6.45, 7) is 3.63. The fraction of sp³-hybridized carbons (Fsp3) is 0.289. The van der Waals surface area contributed by atoms with E-state index in [0.717, 1.165) is 13.5 Å². The Hall–Kier alpha value is -5.13. The van der Waals surface area contributed by atoms with Crippen molar-refractivity contribution in [3.05, 3.63) is 115 Å². The number of rotatable bonds is 14. The van der Waals surface area contributed by atoms with Crippen LogP contribution in [-0.2, 0) is 15.9 Å².